The summed E-state index contributed by atoms with van der Waals surface area (Å²) in [6, 6.07) is 4.62. The van der Waals surface area contributed by atoms with Crippen LogP contribution in [0.25, 0.3) is 11.5 Å². The Morgan fingerprint density at radius 1 is 1.50 bits per heavy atom. The average Bonchev–Trinajstić information content (AvgIpc) is 2.78. The number of aromatic carboxylic acids is 1. The molecule has 2 aromatic rings. The topological polar surface area (TPSA) is 85.5 Å². The minimum Gasteiger partial charge on any atom is -0.497 e. The number of hydrogen-bond acceptors (Lipinski definition) is 5. The van der Waals surface area contributed by atoms with Crippen LogP contribution < -0.4 is 4.74 Å². The van der Waals surface area contributed by atoms with Crippen molar-refractivity contribution in [2.24, 2.45) is 0 Å². The van der Waals surface area contributed by atoms with Gasteiger partial charge in [0.1, 0.15) is 11.4 Å². The van der Waals surface area contributed by atoms with Gasteiger partial charge in [0.2, 0.25) is 0 Å². The Morgan fingerprint density at radius 2 is 2.31 bits per heavy atom. The molecule has 0 bridgehead atoms. The van der Waals surface area contributed by atoms with Crippen LogP contribution in [-0.4, -0.2) is 28.3 Å². The van der Waals surface area contributed by atoms with Crippen molar-refractivity contribution in [3.63, 3.8) is 0 Å². The molecule has 82 valence electrons. The van der Waals surface area contributed by atoms with Crippen molar-refractivity contribution in [1.29, 1.82) is 0 Å². The van der Waals surface area contributed by atoms with Crippen molar-refractivity contribution in [3.05, 3.63) is 30.1 Å². The van der Waals surface area contributed by atoms with Gasteiger partial charge in [0.15, 0.2) is 11.5 Å². The van der Waals surface area contributed by atoms with Crippen molar-refractivity contribution in [2.45, 2.75) is 0 Å². The van der Waals surface area contributed by atoms with Crippen molar-refractivity contribution < 1.29 is 19.2 Å². The van der Waals surface area contributed by atoms with E-state index in [-0.39, 0.29) is 11.5 Å². The van der Waals surface area contributed by atoms with Crippen molar-refractivity contribution in [1.82, 2.24) is 10.1 Å². The largest absolute Gasteiger partial charge is 0.497 e. The third kappa shape index (κ3) is 1.85. The molecule has 0 aliphatic heterocycles. The number of carboxylic acid groups (broad SMARTS) is 1. The summed E-state index contributed by atoms with van der Waals surface area (Å²) in [5.74, 6) is -0.243. The number of pyridine rings is 1. The molecule has 0 radical (unpaired) electrons. The van der Waals surface area contributed by atoms with Gasteiger partial charge in [-0.3, -0.25) is 4.98 Å². The van der Waals surface area contributed by atoms with Crippen LogP contribution in [0.2, 0.25) is 0 Å². The Kier molecular flexibility index (Phi) is 2.55. The van der Waals surface area contributed by atoms with E-state index in [1.165, 1.54) is 19.4 Å². The van der Waals surface area contributed by atoms with Crippen LogP contribution in [0, 0.1) is 0 Å². The number of aromatic nitrogens is 2. The van der Waals surface area contributed by atoms with E-state index in [0.717, 1.165) is 0 Å². The van der Waals surface area contributed by atoms with E-state index in [4.69, 9.17) is 14.4 Å². The summed E-state index contributed by atoms with van der Waals surface area (Å²) in [4.78, 5) is 14.6. The van der Waals surface area contributed by atoms with Gasteiger partial charge in [-0.05, 0) is 6.07 Å². The number of rotatable bonds is 3. The van der Waals surface area contributed by atoms with Gasteiger partial charge in [0, 0.05) is 18.3 Å². The molecule has 0 aromatic carbocycles. The fourth-order valence-electron chi connectivity index (χ4n) is 1.17. The molecule has 0 aliphatic carbocycles. The lowest BCUT2D eigenvalue weighted by atomic mass is 10.2. The first-order chi connectivity index (χ1) is 7.70. The Balaban J connectivity index is 2.38. The van der Waals surface area contributed by atoms with Crippen LogP contribution in [0.3, 0.4) is 0 Å². The van der Waals surface area contributed by atoms with E-state index >= 15 is 0 Å². The molecule has 0 saturated carbocycles. The highest BCUT2D eigenvalue weighted by Gasteiger charge is 2.13. The summed E-state index contributed by atoms with van der Waals surface area (Å²) < 4.78 is 9.87. The van der Waals surface area contributed by atoms with E-state index < -0.39 is 5.97 Å². The zero-order valence-electron chi connectivity index (χ0n) is 8.38. The zero-order valence-corrected chi connectivity index (χ0v) is 8.38. The van der Waals surface area contributed by atoms with Gasteiger partial charge in [-0.2, -0.15) is 0 Å². The van der Waals surface area contributed by atoms with Crippen molar-refractivity contribution in [3.8, 4) is 17.2 Å². The second kappa shape index (κ2) is 4.01. The van der Waals surface area contributed by atoms with Gasteiger partial charge in [-0.1, -0.05) is 5.16 Å². The van der Waals surface area contributed by atoms with Crippen molar-refractivity contribution in [2.75, 3.05) is 7.11 Å². The predicted octanol–water partition coefficient (Wildman–Crippen LogP) is 1.44. The molecular formula is C10H8N2O4. The van der Waals surface area contributed by atoms with E-state index in [1.54, 1.807) is 12.1 Å². The molecular weight excluding hydrogens is 212 g/mol. The first-order valence-electron chi connectivity index (χ1n) is 4.41. The molecule has 0 unspecified atom stereocenters. The molecule has 0 aliphatic rings. The second-order valence-corrected chi connectivity index (χ2v) is 2.96. The van der Waals surface area contributed by atoms with E-state index in [2.05, 4.69) is 10.1 Å². The van der Waals surface area contributed by atoms with Crippen LogP contribution in [-0.2, 0) is 0 Å². The van der Waals surface area contributed by atoms with Gasteiger partial charge in [0.25, 0.3) is 0 Å². The van der Waals surface area contributed by atoms with Crippen LogP contribution in [0.1, 0.15) is 10.5 Å². The molecule has 16 heavy (non-hydrogen) atoms. The highest BCUT2D eigenvalue weighted by atomic mass is 16.5. The quantitative estimate of drug-likeness (QED) is 0.842. The van der Waals surface area contributed by atoms with Crippen LogP contribution >= 0.6 is 0 Å². The van der Waals surface area contributed by atoms with Gasteiger partial charge in [-0.25, -0.2) is 4.79 Å². The van der Waals surface area contributed by atoms with Gasteiger partial charge >= 0.3 is 5.97 Å². The molecule has 2 aromatic heterocycles. The molecule has 6 heteroatoms. The molecule has 6 nitrogen and oxygen atoms in total. The minimum atomic E-state index is -1.14. The monoisotopic (exact) mass is 220 g/mol. The minimum absolute atomic E-state index is 0.153. The average molecular weight is 220 g/mol. The van der Waals surface area contributed by atoms with Crippen LogP contribution in [0.4, 0.5) is 0 Å². The van der Waals surface area contributed by atoms with E-state index in [9.17, 15) is 4.79 Å². The molecule has 2 heterocycles. The summed E-state index contributed by atoms with van der Waals surface area (Å²) >= 11 is 0. The van der Waals surface area contributed by atoms with Gasteiger partial charge in [-0.15, -0.1) is 0 Å². The molecule has 0 spiro atoms. The highest BCUT2D eigenvalue weighted by molar-refractivity contribution is 5.86. The fraction of sp³-hybridized carbons (Fsp3) is 0.100. The lowest BCUT2D eigenvalue weighted by Gasteiger charge is -1.99. The summed E-state index contributed by atoms with van der Waals surface area (Å²) in [6.07, 6.45) is 1.54. The number of carbonyl (C=O) groups is 1. The lowest BCUT2D eigenvalue weighted by molar-refractivity contribution is 0.0686. The predicted molar refractivity (Wildman–Crippen MR) is 53.2 cm³/mol. The number of hydrogen-bond donors (Lipinski definition) is 1. The number of methoxy groups -OCH3 is 1. The molecule has 0 amide bonds. The normalized spacial score (nSPS) is 10.1. The Labute approximate surface area is 90.5 Å². The third-order valence-electron chi connectivity index (χ3n) is 1.95. The first-order valence-corrected chi connectivity index (χ1v) is 4.41. The maximum atomic E-state index is 10.6. The standard InChI is InChI=1S/C10H8N2O4/c1-15-6-2-3-11-7(4-6)9-5-8(10(13)14)12-16-9/h2-5H,1H3,(H,13,14). The molecule has 0 atom stereocenters. The molecule has 0 saturated heterocycles. The maximum Gasteiger partial charge on any atom is 0.358 e. The Hall–Kier alpha value is -2.37. The maximum absolute atomic E-state index is 10.6. The van der Waals surface area contributed by atoms with Crippen molar-refractivity contribution >= 4 is 5.97 Å². The lowest BCUT2D eigenvalue weighted by Crippen LogP contribution is -1.94. The molecule has 0 fully saturated rings. The Morgan fingerprint density at radius 3 is 2.94 bits per heavy atom. The molecule has 2 rings (SSSR count). The SMILES string of the molecule is COc1ccnc(-c2cc(C(=O)O)no2)c1. The zero-order chi connectivity index (χ0) is 11.5. The van der Waals surface area contributed by atoms with Gasteiger partial charge in [0.05, 0.1) is 7.11 Å². The van der Waals surface area contributed by atoms with Gasteiger partial charge < -0.3 is 14.4 Å². The summed E-state index contributed by atoms with van der Waals surface area (Å²) in [6.45, 7) is 0. The fourth-order valence-corrected chi connectivity index (χ4v) is 1.17. The van der Waals surface area contributed by atoms with Crippen LogP contribution in [0.5, 0.6) is 5.75 Å². The number of carboxylic acids is 1. The smallest absolute Gasteiger partial charge is 0.358 e. The third-order valence-corrected chi connectivity index (χ3v) is 1.95. The summed E-state index contributed by atoms with van der Waals surface area (Å²) in [7, 11) is 1.53. The number of nitrogens with zero attached hydrogens (tertiary/aromatic N) is 2. The number of ether oxygens (including phenoxy) is 1. The van der Waals surface area contributed by atoms with Crippen LogP contribution in [0.15, 0.2) is 28.9 Å². The van der Waals surface area contributed by atoms with E-state index in [0.29, 0.717) is 11.4 Å². The molecule has 1 N–H and O–H groups in total. The van der Waals surface area contributed by atoms with E-state index in [1.807, 2.05) is 0 Å². The highest BCUT2D eigenvalue weighted by Crippen LogP contribution is 2.21. The summed E-state index contributed by atoms with van der Waals surface area (Å²) in [5, 5.41) is 12.1. The summed E-state index contributed by atoms with van der Waals surface area (Å²) in [5.41, 5.74) is 0.318. The Bertz CT molecular complexity index is 521. The first kappa shape index (κ1) is 10.2. The second-order valence-electron chi connectivity index (χ2n) is 2.96.